The number of hydrazine groups is 1. The molecule has 0 aliphatic carbocycles. The van der Waals surface area contributed by atoms with Gasteiger partial charge < -0.3 is 10.7 Å². The molecule has 1 heterocycles. The molecule has 1 aromatic carbocycles. The van der Waals surface area contributed by atoms with E-state index in [1.54, 1.807) is 25.1 Å². The van der Waals surface area contributed by atoms with Gasteiger partial charge in [-0.15, -0.1) is 0 Å². The first-order valence-corrected chi connectivity index (χ1v) is 6.31. The number of halogens is 2. The zero-order chi connectivity index (χ0) is 14.0. The molecule has 0 bridgehead atoms. The number of hydrogen-bond donors (Lipinski definition) is 3. The largest absolute Gasteiger partial charge is 0.339 e. The monoisotopic (exact) mass is 297 g/mol. The van der Waals surface area contributed by atoms with Crippen LogP contribution in [0.4, 0.5) is 17.3 Å². The van der Waals surface area contributed by atoms with Gasteiger partial charge in [0.05, 0.1) is 10.7 Å². The van der Waals surface area contributed by atoms with Gasteiger partial charge in [-0.1, -0.05) is 23.2 Å². The first kappa shape index (κ1) is 13.9. The number of benzene rings is 1. The van der Waals surface area contributed by atoms with Crippen molar-refractivity contribution in [2.24, 2.45) is 5.84 Å². The third kappa shape index (κ3) is 3.07. The van der Waals surface area contributed by atoms with Crippen LogP contribution >= 0.6 is 23.2 Å². The lowest BCUT2D eigenvalue weighted by Gasteiger charge is -2.13. The lowest BCUT2D eigenvalue weighted by Crippen LogP contribution is -2.13. The standard InChI is InChI=1S/C12H13Cl2N5/c1-6-11(16-7(2)17-12(6)19-15)18-10-5-8(13)3-4-9(10)14/h3-5H,15H2,1-2H3,(H2,16,17,18,19). The molecule has 2 aromatic rings. The lowest BCUT2D eigenvalue weighted by molar-refractivity contribution is 1.03. The number of nitrogen functional groups attached to an aromatic ring is 1. The second kappa shape index (κ2) is 5.61. The van der Waals surface area contributed by atoms with Crippen LogP contribution in [0.1, 0.15) is 11.4 Å². The fourth-order valence-electron chi connectivity index (χ4n) is 1.61. The quantitative estimate of drug-likeness (QED) is 0.598. The molecule has 0 fully saturated rings. The SMILES string of the molecule is Cc1nc(NN)c(C)c(Nc2cc(Cl)ccc2Cl)n1. The zero-order valence-electron chi connectivity index (χ0n) is 10.5. The van der Waals surface area contributed by atoms with Gasteiger partial charge in [0.1, 0.15) is 17.5 Å². The number of aryl methyl sites for hydroxylation is 1. The average Bonchev–Trinajstić information content (AvgIpc) is 2.37. The highest BCUT2D eigenvalue weighted by Gasteiger charge is 2.10. The second-order valence-corrected chi connectivity index (χ2v) is 4.83. The minimum absolute atomic E-state index is 0.558. The zero-order valence-corrected chi connectivity index (χ0v) is 12.0. The van der Waals surface area contributed by atoms with Crippen LogP contribution in [0.3, 0.4) is 0 Å². The van der Waals surface area contributed by atoms with Crippen LogP contribution in [0.2, 0.25) is 10.0 Å². The first-order valence-electron chi connectivity index (χ1n) is 5.55. The number of hydrogen-bond acceptors (Lipinski definition) is 5. The van der Waals surface area contributed by atoms with Crippen molar-refractivity contribution in [1.29, 1.82) is 0 Å². The highest BCUT2D eigenvalue weighted by atomic mass is 35.5. The van der Waals surface area contributed by atoms with Crippen LogP contribution in [0, 0.1) is 13.8 Å². The molecule has 0 aliphatic rings. The van der Waals surface area contributed by atoms with Crippen molar-refractivity contribution in [3.63, 3.8) is 0 Å². The molecular weight excluding hydrogens is 285 g/mol. The normalized spacial score (nSPS) is 10.4. The minimum Gasteiger partial charge on any atom is -0.339 e. The van der Waals surface area contributed by atoms with E-state index in [2.05, 4.69) is 20.7 Å². The maximum atomic E-state index is 6.11. The number of nitrogens with zero attached hydrogens (tertiary/aromatic N) is 2. The molecule has 1 aromatic heterocycles. The predicted molar refractivity (Wildman–Crippen MR) is 79.1 cm³/mol. The second-order valence-electron chi connectivity index (χ2n) is 3.99. The van der Waals surface area contributed by atoms with Crippen molar-refractivity contribution >= 4 is 40.5 Å². The Hall–Kier alpha value is -1.56. The Balaban J connectivity index is 2.43. The molecule has 7 heteroatoms. The van der Waals surface area contributed by atoms with Crippen LogP contribution in [0.25, 0.3) is 0 Å². The maximum absolute atomic E-state index is 6.11. The van der Waals surface area contributed by atoms with Crippen molar-refractivity contribution < 1.29 is 0 Å². The molecule has 0 aliphatic heterocycles. The van der Waals surface area contributed by atoms with E-state index < -0.39 is 0 Å². The van der Waals surface area contributed by atoms with Gasteiger partial charge in [0.2, 0.25) is 0 Å². The third-order valence-electron chi connectivity index (χ3n) is 2.58. The Morgan fingerprint density at radius 2 is 1.79 bits per heavy atom. The van der Waals surface area contributed by atoms with Gasteiger partial charge >= 0.3 is 0 Å². The van der Waals surface area contributed by atoms with E-state index in [1.807, 2.05) is 6.92 Å². The summed E-state index contributed by atoms with van der Waals surface area (Å²) in [5, 5.41) is 4.28. The van der Waals surface area contributed by atoms with Crippen LogP contribution in [0.15, 0.2) is 18.2 Å². The fraction of sp³-hybridized carbons (Fsp3) is 0.167. The molecule has 0 saturated carbocycles. The summed E-state index contributed by atoms with van der Waals surface area (Å²) in [7, 11) is 0. The van der Waals surface area contributed by atoms with Crippen molar-refractivity contribution in [1.82, 2.24) is 9.97 Å². The average molecular weight is 298 g/mol. The number of rotatable bonds is 3. The third-order valence-corrected chi connectivity index (χ3v) is 3.14. The number of nitrogens with two attached hydrogens (primary N) is 1. The van der Waals surface area contributed by atoms with Crippen LogP contribution < -0.4 is 16.6 Å². The summed E-state index contributed by atoms with van der Waals surface area (Å²) in [6, 6.07) is 5.17. The van der Waals surface area contributed by atoms with Gasteiger partial charge in [-0.2, -0.15) is 0 Å². The van der Waals surface area contributed by atoms with Crippen molar-refractivity contribution in [3.05, 3.63) is 39.6 Å². The molecule has 0 radical (unpaired) electrons. The minimum atomic E-state index is 0.558. The molecule has 0 saturated heterocycles. The predicted octanol–water partition coefficient (Wildman–Crippen LogP) is 3.43. The molecule has 5 nitrogen and oxygen atoms in total. The summed E-state index contributed by atoms with van der Waals surface area (Å²) in [5.41, 5.74) is 4.01. The highest BCUT2D eigenvalue weighted by Crippen LogP contribution is 2.30. The van der Waals surface area contributed by atoms with E-state index in [9.17, 15) is 0 Å². The molecule has 0 unspecified atom stereocenters. The van der Waals surface area contributed by atoms with Gasteiger partial charge in [-0.25, -0.2) is 15.8 Å². The molecule has 0 spiro atoms. The smallest absolute Gasteiger partial charge is 0.148 e. The molecule has 19 heavy (non-hydrogen) atoms. The molecule has 100 valence electrons. The van der Waals surface area contributed by atoms with Crippen molar-refractivity contribution in [2.45, 2.75) is 13.8 Å². The van der Waals surface area contributed by atoms with Crippen molar-refractivity contribution in [2.75, 3.05) is 10.7 Å². The molecule has 0 atom stereocenters. The Bertz CT molecular complexity index is 615. The number of nitrogens with one attached hydrogen (secondary N) is 2. The Morgan fingerprint density at radius 3 is 2.47 bits per heavy atom. The van der Waals surface area contributed by atoms with Gasteiger partial charge in [-0.05, 0) is 32.0 Å². The van der Waals surface area contributed by atoms with E-state index in [1.165, 1.54) is 0 Å². The van der Waals surface area contributed by atoms with E-state index in [0.29, 0.717) is 33.2 Å². The summed E-state index contributed by atoms with van der Waals surface area (Å²) in [4.78, 5) is 8.52. The van der Waals surface area contributed by atoms with Gasteiger partial charge in [0.15, 0.2) is 0 Å². The van der Waals surface area contributed by atoms with Crippen molar-refractivity contribution in [3.8, 4) is 0 Å². The van der Waals surface area contributed by atoms with E-state index >= 15 is 0 Å². The lowest BCUT2D eigenvalue weighted by atomic mass is 10.2. The molecular formula is C12H13Cl2N5. The van der Waals surface area contributed by atoms with Gasteiger partial charge in [0, 0.05) is 10.6 Å². The number of anilines is 3. The first-order chi connectivity index (χ1) is 9.01. The fourth-order valence-corrected chi connectivity index (χ4v) is 1.95. The van der Waals surface area contributed by atoms with E-state index in [0.717, 1.165) is 5.56 Å². The maximum Gasteiger partial charge on any atom is 0.148 e. The van der Waals surface area contributed by atoms with Crippen LogP contribution in [-0.4, -0.2) is 9.97 Å². The van der Waals surface area contributed by atoms with E-state index in [4.69, 9.17) is 29.0 Å². The van der Waals surface area contributed by atoms with Gasteiger partial charge in [0.25, 0.3) is 0 Å². The number of aromatic nitrogens is 2. The molecule has 0 amide bonds. The van der Waals surface area contributed by atoms with Crippen LogP contribution in [0.5, 0.6) is 0 Å². The van der Waals surface area contributed by atoms with E-state index in [-0.39, 0.29) is 0 Å². The van der Waals surface area contributed by atoms with Gasteiger partial charge in [-0.3, -0.25) is 0 Å². The summed E-state index contributed by atoms with van der Waals surface area (Å²) in [6.45, 7) is 3.64. The highest BCUT2D eigenvalue weighted by molar-refractivity contribution is 6.35. The Labute approximate surface area is 121 Å². The molecule has 4 N–H and O–H groups in total. The molecule has 2 rings (SSSR count). The summed E-state index contributed by atoms with van der Waals surface area (Å²) < 4.78 is 0. The topological polar surface area (TPSA) is 75.9 Å². The summed E-state index contributed by atoms with van der Waals surface area (Å²) in [6.07, 6.45) is 0. The Kier molecular flexibility index (Phi) is 4.09. The Morgan fingerprint density at radius 1 is 1.11 bits per heavy atom. The van der Waals surface area contributed by atoms with Crippen LogP contribution in [-0.2, 0) is 0 Å². The summed E-state index contributed by atoms with van der Waals surface area (Å²) in [5.74, 6) is 7.21. The summed E-state index contributed by atoms with van der Waals surface area (Å²) >= 11 is 12.1.